The fraction of sp³-hybridized carbons (Fsp3) is 0.250. The van der Waals surface area contributed by atoms with Crippen LogP contribution in [0.15, 0.2) is 18.2 Å². The lowest BCUT2D eigenvalue weighted by atomic mass is 10.3. The third-order valence-electron chi connectivity index (χ3n) is 1.95. The molecule has 90 valence electrons. The monoisotopic (exact) mass is 236 g/mol. The first kappa shape index (κ1) is 13.0. The Morgan fingerprint density at radius 3 is 3.00 bits per heavy atom. The zero-order valence-corrected chi connectivity index (χ0v) is 9.42. The van der Waals surface area contributed by atoms with Crippen molar-refractivity contribution in [2.24, 2.45) is 0 Å². The van der Waals surface area contributed by atoms with Gasteiger partial charge < -0.3 is 10.1 Å². The summed E-state index contributed by atoms with van der Waals surface area (Å²) in [5.41, 5.74) is 0.468. The van der Waals surface area contributed by atoms with Crippen LogP contribution in [0, 0.1) is 18.2 Å². The van der Waals surface area contributed by atoms with Crippen LogP contribution < -0.4 is 15.4 Å². The average Bonchev–Trinajstić information content (AvgIpc) is 2.32. The molecule has 0 radical (unpaired) electrons. The summed E-state index contributed by atoms with van der Waals surface area (Å²) in [6.45, 7) is 0.421. The van der Waals surface area contributed by atoms with Crippen molar-refractivity contribution in [3.8, 4) is 18.1 Å². The molecule has 0 aliphatic rings. The molecule has 4 nitrogen and oxygen atoms in total. The molecule has 1 aromatic rings. The second-order valence-corrected chi connectivity index (χ2v) is 3.21. The summed E-state index contributed by atoms with van der Waals surface area (Å²) < 4.78 is 17.9. The number of hydrogen-bond donors (Lipinski definition) is 2. The Kier molecular flexibility index (Phi) is 4.98. The van der Waals surface area contributed by atoms with Crippen LogP contribution >= 0.6 is 0 Å². The molecular weight excluding hydrogens is 223 g/mol. The molecule has 17 heavy (non-hydrogen) atoms. The van der Waals surface area contributed by atoms with E-state index in [9.17, 15) is 9.18 Å². The van der Waals surface area contributed by atoms with E-state index in [2.05, 4.69) is 16.6 Å². The van der Waals surface area contributed by atoms with Gasteiger partial charge in [-0.2, -0.15) is 0 Å². The van der Waals surface area contributed by atoms with Gasteiger partial charge in [0.25, 0.3) is 0 Å². The Morgan fingerprint density at radius 2 is 2.35 bits per heavy atom. The first-order valence-corrected chi connectivity index (χ1v) is 4.95. The highest BCUT2D eigenvalue weighted by atomic mass is 19.1. The van der Waals surface area contributed by atoms with Crippen molar-refractivity contribution in [3.05, 3.63) is 24.0 Å². The standard InChI is InChI=1S/C12H13FN2O2/c1-3-6-14-8-12(16)15-9-4-5-10(13)11(7-9)17-2/h1,4-5,7,14H,6,8H2,2H3,(H,15,16). The van der Waals surface area contributed by atoms with Gasteiger partial charge in [0.2, 0.25) is 5.91 Å². The number of carbonyl (C=O) groups excluding carboxylic acids is 1. The highest BCUT2D eigenvalue weighted by molar-refractivity contribution is 5.92. The lowest BCUT2D eigenvalue weighted by Crippen LogP contribution is -2.28. The summed E-state index contributed by atoms with van der Waals surface area (Å²) in [6.07, 6.45) is 5.02. The second kappa shape index (κ2) is 6.51. The van der Waals surface area contributed by atoms with Crippen molar-refractivity contribution in [2.45, 2.75) is 0 Å². The Labute approximate surface area is 99.2 Å². The fourth-order valence-corrected chi connectivity index (χ4v) is 1.19. The van der Waals surface area contributed by atoms with Gasteiger partial charge in [-0.3, -0.25) is 10.1 Å². The van der Waals surface area contributed by atoms with Crippen LogP contribution in [0.25, 0.3) is 0 Å². The van der Waals surface area contributed by atoms with E-state index in [1.54, 1.807) is 0 Å². The molecule has 0 aliphatic carbocycles. The number of amides is 1. The number of rotatable bonds is 5. The Morgan fingerprint density at radius 1 is 1.59 bits per heavy atom. The molecule has 0 heterocycles. The minimum Gasteiger partial charge on any atom is -0.494 e. The largest absolute Gasteiger partial charge is 0.494 e. The molecule has 0 saturated carbocycles. The van der Waals surface area contributed by atoms with E-state index in [0.29, 0.717) is 12.2 Å². The SMILES string of the molecule is C#CCNCC(=O)Nc1ccc(F)c(OC)c1. The third-order valence-corrected chi connectivity index (χ3v) is 1.95. The normalized spacial score (nSPS) is 9.47. The van der Waals surface area contributed by atoms with Crippen LogP contribution in [0.2, 0.25) is 0 Å². The van der Waals surface area contributed by atoms with Crippen LogP contribution in [0.3, 0.4) is 0 Å². The number of benzene rings is 1. The van der Waals surface area contributed by atoms with Gasteiger partial charge in [-0.25, -0.2) is 4.39 Å². The molecule has 1 amide bonds. The maximum Gasteiger partial charge on any atom is 0.238 e. The quantitative estimate of drug-likeness (QED) is 0.592. The maximum atomic E-state index is 13.1. The van der Waals surface area contributed by atoms with E-state index in [0.717, 1.165) is 0 Å². The highest BCUT2D eigenvalue weighted by Crippen LogP contribution is 2.21. The summed E-state index contributed by atoms with van der Waals surface area (Å²) in [5.74, 6) is 1.70. The molecule has 5 heteroatoms. The van der Waals surface area contributed by atoms with E-state index in [-0.39, 0.29) is 18.2 Å². The number of methoxy groups -OCH3 is 1. The van der Waals surface area contributed by atoms with Crippen molar-refractivity contribution in [1.29, 1.82) is 0 Å². The smallest absolute Gasteiger partial charge is 0.238 e. The van der Waals surface area contributed by atoms with Crippen LogP contribution in [-0.2, 0) is 4.79 Å². The molecule has 0 unspecified atom stereocenters. The van der Waals surface area contributed by atoms with E-state index < -0.39 is 5.82 Å². The summed E-state index contributed by atoms with van der Waals surface area (Å²) >= 11 is 0. The van der Waals surface area contributed by atoms with Crippen molar-refractivity contribution in [2.75, 3.05) is 25.5 Å². The minimum absolute atomic E-state index is 0.0828. The zero-order valence-electron chi connectivity index (χ0n) is 9.42. The third kappa shape index (κ3) is 4.13. The zero-order chi connectivity index (χ0) is 12.7. The van der Waals surface area contributed by atoms with Crippen LogP contribution in [0.1, 0.15) is 0 Å². The molecular formula is C12H13FN2O2. The molecule has 0 aliphatic heterocycles. The molecule has 0 spiro atoms. The summed E-state index contributed by atoms with van der Waals surface area (Å²) in [4.78, 5) is 11.4. The summed E-state index contributed by atoms with van der Waals surface area (Å²) in [5, 5.41) is 5.33. The van der Waals surface area contributed by atoms with Crippen molar-refractivity contribution in [1.82, 2.24) is 5.32 Å². The van der Waals surface area contributed by atoms with Crippen molar-refractivity contribution < 1.29 is 13.9 Å². The van der Waals surface area contributed by atoms with E-state index in [1.165, 1.54) is 25.3 Å². The minimum atomic E-state index is -0.476. The van der Waals surface area contributed by atoms with Gasteiger partial charge in [0, 0.05) is 11.8 Å². The number of nitrogens with one attached hydrogen (secondary N) is 2. The van der Waals surface area contributed by atoms with Gasteiger partial charge in [0.05, 0.1) is 20.2 Å². The molecule has 0 fully saturated rings. The lowest BCUT2D eigenvalue weighted by Gasteiger charge is -2.07. The van der Waals surface area contributed by atoms with Crippen LogP contribution in [0.4, 0.5) is 10.1 Å². The van der Waals surface area contributed by atoms with Crippen molar-refractivity contribution in [3.63, 3.8) is 0 Å². The number of anilines is 1. The molecule has 1 aromatic carbocycles. The first-order valence-electron chi connectivity index (χ1n) is 4.95. The topological polar surface area (TPSA) is 50.4 Å². The number of hydrogen-bond acceptors (Lipinski definition) is 3. The predicted molar refractivity (Wildman–Crippen MR) is 63.3 cm³/mol. The van der Waals surface area contributed by atoms with Gasteiger partial charge in [-0.15, -0.1) is 6.42 Å². The molecule has 0 bridgehead atoms. The Hall–Kier alpha value is -2.06. The molecule has 0 atom stereocenters. The Balaban J connectivity index is 2.57. The van der Waals surface area contributed by atoms with E-state index in [1.807, 2.05) is 0 Å². The number of ether oxygens (including phenoxy) is 1. The van der Waals surface area contributed by atoms with E-state index in [4.69, 9.17) is 11.2 Å². The van der Waals surface area contributed by atoms with Crippen LogP contribution in [0.5, 0.6) is 5.75 Å². The molecule has 0 aromatic heterocycles. The molecule has 1 rings (SSSR count). The summed E-state index contributed by atoms with van der Waals surface area (Å²) in [6, 6.07) is 4.09. The van der Waals surface area contributed by atoms with Gasteiger partial charge in [0.1, 0.15) is 0 Å². The van der Waals surface area contributed by atoms with Gasteiger partial charge >= 0.3 is 0 Å². The molecule has 2 N–H and O–H groups in total. The molecule has 0 saturated heterocycles. The van der Waals surface area contributed by atoms with Gasteiger partial charge in [0.15, 0.2) is 11.6 Å². The number of terminal acetylenes is 1. The maximum absolute atomic E-state index is 13.1. The second-order valence-electron chi connectivity index (χ2n) is 3.21. The van der Waals surface area contributed by atoms with Crippen LogP contribution in [-0.4, -0.2) is 26.1 Å². The number of halogens is 1. The van der Waals surface area contributed by atoms with Crippen molar-refractivity contribution >= 4 is 11.6 Å². The highest BCUT2D eigenvalue weighted by Gasteiger charge is 2.06. The summed E-state index contributed by atoms with van der Waals surface area (Å²) in [7, 11) is 1.36. The lowest BCUT2D eigenvalue weighted by molar-refractivity contribution is -0.115. The first-order chi connectivity index (χ1) is 8.17. The fourth-order valence-electron chi connectivity index (χ4n) is 1.19. The predicted octanol–water partition coefficient (Wildman–Crippen LogP) is 0.996. The van der Waals surface area contributed by atoms with Gasteiger partial charge in [-0.05, 0) is 12.1 Å². The Bertz CT molecular complexity index is 441. The van der Waals surface area contributed by atoms with Gasteiger partial charge in [-0.1, -0.05) is 5.92 Å². The van der Waals surface area contributed by atoms with E-state index >= 15 is 0 Å². The average molecular weight is 236 g/mol. The number of carbonyl (C=O) groups is 1.